The van der Waals surface area contributed by atoms with Crippen molar-refractivity contribution in [2.75, 3.05) is 59.1 Å². The van der Waals surface area contributed by atoms with Gasteiger partial charge in [-0.05, 0) is 32.6 Å². The largest absolute Gasteiger partial charge is 0.450 e. The normalized spacial score (nSPS) is 25.3. The highest BCUT2D eigenvalue weighted by molar-refractivity contribution is 7.89. The third-order valence-corrected chi connectivity index (χ3v) is 8.13. The van der Waals surface area contributed by atoms with E-state index < -0.39 is 10.0 Å². The molecule has 0 aromatic rings. The first kappa shape index (κ1) is 19.9. The summed E-state index contributed by atoms with van der Waals surface area (Å²) in [5.74, 6) is 0. The molecule has 0 saturated carbocycles. The fourth-order valence-corrected chi connectivity index (χ4v) is 6.11. The van der Waals surface area contributed by atoms with Crippen LogP contribution in [0.2, 0.25) is 0 Å². The number of piperidine rings is 2. The van der Waals surface area contributed by atoms with Crippen molar-refractivity contribution in [2.24, 2.45) is 0 Å². The third-order valence-electron chi connectivity index (χ3n) is 5.73. The molecule has 0 unspecified atom stereocenters. The maximum absolute atomic E-state index is 13.0. The van der Waals surface area contributed by atoms with Crippen molar-refractivity contribution < 1.29 is 22.7 Å². The molecule has 0 bridgehead atoms. The minimum atomic E-state index is -3.29. The van der Waals surface area contributed by atoms with Gasteiger partial charge in [-0.3, -0.25) is 4.90 Å². The van der Waals surface area contributed by atoms with Crippen molar-refractivity contribution in [1.29, 1.82) is 0 Å². The summed E-state index contributed by atoms with van der Waals surface area (Å²) in [7, 11) is -3.29. The maximum Gasteiger partial charge on any atom is 0.409 e. The molecule has 3 rings (SSSR count). The maximum atomic E-state index is 13.0. The van der Waals surface area contributed by atoms with E-state index in [9.17, 15) is 13.2 Å². The lowest BCUT2D eigenvalue weighted by Crippen LogP contribution is -2.52. The summed E-state index contributed by atoms with van der Waals surface area (Å²) in [5.41, 5.74) is 0. The molecule has 8 nitrogen and oxygen atoms in total. The Morgan fingerprint density at radius 1 is 1.00 bits per heavy atom. The van der Waals surface area contributed by atoms with Gasteiger partial charge < -0.3 is 14.4 Å². The Morgan fingerprint density at radius 3 is 2.19 bits per heavy atom. The zero-order valence-corrected chi connectivity index (χ0v) is 16.5. The zero-order chi connectivity index (χ0) is 18.6. The van der Waals surface area contributed by atoms with E-state index >= 15 is 0 Å². The zero-order valence-electron chi connectivity index (χ0n) is 15.6. The molecule has 3 fully saturated rings. The summed E-state index contributed by atoms with van der Waals surface area (Å²) in [4.78, 5) is 15.8. The van der Waals surface area contributed by atoms with E-state index in [4.69, 9.17) is 9.47 Å². The van der Waals surface area contributed by atoms with Gasteiger partial charge >= 0.3 is 6.09 Å². The summed E-state index contributed by atoms with van der Waals surface area (Å²) >= 11 is 0. The van der Waals surface area contributed by atoms with Crippen LogP contribution in [0, 0.1) is 0 Å². The molecule has 0 spiro atoms. The summed E-state index contributed by atoms with van der Waals surface area (Å²) < 4.78 is 38.0. The fraction of sp³-hybridized carbons (Fsp3) is 0.941. The Labute approximate surface area is 156 Å². The van der Waals surface area contributed by atoms with E-state index in [1.54, 1.807) is 16.1 Å². The first-order chi connectivity index (χ1) is 12.5. The Bertz CT molecular complexity index is 563. The minimum Gasteiger partial charge on any atom is -0.450 e. The molecule has 150 valence electrons. The SMILES string of the molecule is CCOC(=O)N1CCC(S(=O)(=O)N2CCC(N3CCOCC3)CC2)CC1. The van der Waals surface area contributed by atoms with E-state index in [0.29, 0.717) is 51.7 Å². The molecule has 0 N–H and O–H groups in total. The highest BCUT2D eigenvalue weighted by Crippen LogP contribution is 2.26. The van der Waals surface area contributed by atoms with Crippen molar-refractivity contribution in [2.45, 2.75) is 43.9 Å². The Kier molecular flexibility index (Phi) is 6.76. The Balaban J connectivity index is 1.49. The van der Waals surface area contributed by atoms with Crippen LogP contribution in [0.15, 0.2) is 0 Å². The van der Waals surface area contributed by atoms with Crippen LogP contribution in [-0.4, -0.2) is 99.0 Å². The van der Waals surface area contributed by atoms with Gasteiger partial charge in [-0.15, -0.1) is 0 Å². The average Bonchev–Trinajstić information content (AvgIpc) is 2.69. The number of nitrogens with zero attached hydrogens (tertiary/aromatic N) is 3. The lowest BCUT2D eigenvalue weighted by molar-refractivity contribution is 0.00602. The molecule has 3 aliphatic heterocycles. The summed E-state index contributed by atoms with van der Waals surface area (Å²) in [5, 5.41) is -0.381. The molecule has 0 radical (unpaired) electrons. The lowest BCUT2D eigenvalue weighted by atomic mass is 10.0. The summed E-state index contributed by atoms with van der Waals surface area (Å²) in [6.45, 7) is 7.66. The number of likely N-dealkylation sites (tertiary alicyclic amines) is 1. The number of hydrogen-bond donors (Lipinski definition) is 0. The van der Waals surface area contributed by atoms with Gasteiger partial charge in [-0.1, -0.05) is 0 Å². The van der Waals surface area contributed by atoms with E-state index in [1.807, 2.05) is 0 Å². The van der Waals surface area contributed by atoms with Crippen molar-refractivity contribution in [3.63, 3.8) is 0 Å². The number of carbonyl (C=O) groups excluding carboxylic acids is 1. The van der Waals surface area contributed by atoms with Gasteiger partial charge in [0, 0.05) is 45.3 Å². The number of carbonyl (C=O) groups is 1. The van der Waals surface area contributed by atoms with Crippen LogP contribution in [0.4, 0.5) is 4.79 Å². The monoisotopic (exact) mass is 389 g/mol. The molecule has 0 atom stereocenters. The molecule has 1 amide bonds. The molecule has 0 aromatic carbocycles. The molecule has 9 heteroatoms. The molecular formula is C17H31N3O5S. The standard InChI is InChI=1S/C17H31N3O5S/c1-2-25-17(21)19-7-5-16(6-8-19)26(22,23)20-9-3-15(4-10-20)18-11-13-24-14-12-18/h15-16H,2-14H2,1H3. The number of rotatable bonds is 4. The van der Waals surface area contributed by atoms with Crippen LogP contribution < -0.4 is 0 Å². The number of ether oxygens (including phenoxy) is 2. The smallest absolute Gasteiger partial charge is 0.409 e. The number of amides is 1. The Hall–Kier alpha value is -0.900. The van der Waals surface area contributed by atoms with Crippen molar-refractivity contribution in [3.8, 4) is 0 Å². The molecule has 3 saturated heterocycles. The summed E-state index contributed by atoms with van der Waals surface area (Å²) in [6.07, 6.45) is 2.42. The van der Waals surface area contributed by atoms with Gasteiger partial charge in [0.05, 0.1) is 25.1 Å². The molecule has 26 heavy (non-hydrogen) atoms. The molecule has 3 aliphatic rings. The topological polar surface area (TPSA) is 79.4 Å². The van der Waals surface area contributed by atoms with Crippen LogP contribution in [-0.2, 0) is 19.5 Å². The predicted molar refractivity (Wildman–Crippen MR) is 97.5 cm³/mol. The average molecular weight is 390 g/mol. The third kappa shape index (κ3) is 4.49. The van der Waals surface area contributed by atoms with Gasteiger partial charge in [-0.25, -0.2) is 17.5 Å². The highest BCUT2D eigenvalue weighted by Gasteiger charge is 2.38. The van der Waals surface area contributed by atoms with E-state index in [0.717, 1.165) is 39.1 Å². The first-order valence-corrected chi connectivity index (χ1v) is 11.2. The van der Waals surface area contributed by atoms with Gasteiger partial charge in [-0.2, -0.15) is 0 Å². The number of hydrogen-bond acceptors (Lipinski definition) is 6. The second kappa shape index (κ2) is 8.86. The molecule has 0 aliphatic carbocycles. The van der Waals surface area contributed by atoms with Crippen LogP contribution in [0.1, 0.15) is 32.6 Å². The first-order valence-electron chi connectivity index (χ1n) is 9.75. The molecule has 0 aromatic heterocycles. The van der Waals surface area contributed by atoms with Crippen LogP contribution >= 0.6 is 0 Å². The van der Waals surface area contributed by atoms with Gasteiger partial charge in [0.25, 0.3) is 0 Å². The fourth-order valence-electron chi connectivity index (χ4n) is 4.17. The second-order valence-corrected chi connectivity index (χ2v) is 9.42. The molecule has 3 heterocycles. The van der Waals surface area contributed by atoms with E-state index in [2.05, 4.69) is 4.90 Å². The predicted octanol–water partition coefficient (Wildman–Crippen LogP) is 0.734. The lowest BCUT2D eigenvalue weighted by Gasteiger charge is -2.41. The molecular weight excluding hydrogens is 358 g/mol. The van der Waals surface area contributed by atoms with Crippen molar-refractivity contribution >= 4 is 16.1 Å². The van der Waals surface area contributed by atoms with Crippen LogP contribution in [0.25, 0.3) is 0 Å². The second-order valence-electron chi connectivity index (χ2n) is 7.21. The Morgan fingerprint density at radius 2 is 1.62 bits per heavy atom. The van der Waals surface area contributed by atoms with Crippen LogP contribution in [0.5, 0.6) is 0 Å². The minimum absolute atomic E-state index is 0.338. The quantitative estimate of drug-likeness (QED) is 0.705. The highest BCUT2D eigenvalue weighted by atomic mass is 32.2. The van der Waals surface area contributed by atoms with E-state index in [-0.39, 0.29) is 11.3 Å². The van der Waals surface area contributed by atoms with Gasteiger partial charge in [0.2, 0.25) is 10.0 Å². The van der Waals surface area contributed by atoms with Crippen molar-refractivity contribution in [1.82, 2.24) is 14.1 Å². The van der Waals surface area contributed by atoms with Gasteiger partial charge in [0.15, 0.2) is 0 Å². The summed E-state index contributed by atoms with van der Waals surface area (Å²) in [6, 6.07) is 0.469. The number of morpholine rings is 1. The van der Waals surface area contributed by atoms with Crippen LogP contribution in [0.3, 0.4) is 0 Å². The van der Waals surface area contributed by atoms with E-state index in [1.165, 1.54) is 0 Å². The van der Waals surface area contributed by atoms with Gasteiger partial charge in [0.1, 0.15) is 0 Å². The number of sulfonamides is 1. The van der Waals surface area contributed by atoms with Crippen molar-refractivity contribution in [3.05, 3.63) is 0 Å².